The molecule has 0 spiro atoms. The van der Waals surface area contributed by atoms with Gasteiger partial charge in [0.25, 0.3) is 0 Å². The first-order chi connectivity index (χ1) is 6.56. The minimum atomic E-state index is 0.338. The summed E-state index contributed by atoms with van der Waals surface area (Å²) in [6.45, 7) is 4.97. The van der Waals surface area contributed by atoms with Gasteiger partial charge in [0.15, 0.2) is 0 Å². The van der Waals surface area contributed by atoms with E-state index < -0.39 is 0 Å². The summed E-state index contributed by atoms with van der Waals surface area (Å²) in [5.74, 6) is 0.987. The van der Waals surface area contributed by atoms with E-state index in [0.717, 1.165) is 23.8 Å². The van der Waals surface area contributed by atoms with Crippen molar-refractivity contribution in [2.75, 3.05) is 27.7 Å². The summed E-state index contributed by atoms with van der Waals surface area (Å²) in [5, 5.41) is 3.19. The number of aromatic amines is 1. The van der Waals surface area contributed by atoms with Gasteiger partial charge < -0.3 is 10.3 Å². The molecule has 0 aliphatic carbocycles. The Morgan fingerprint density at radius 1 is 1.43 bits per heavy atom. The monoisotopic (exact) mass is 196 g/mol. The Hall–Kier alpha value is -0.870. The Morgan fingerprint density at radius 3 is 2.43 bits per heavy atom. The third-order valence-corrected chi connectivity index (χ3v) is 2.38. The number of nitrogens with zero attached hydrogens (tertiary/aromatic N) is 2. The number of nitrogens with one attached hydrogen (secondary N) is 2. The molecule has 1 rings (SSSR count). The standard InChI is InChI=1S/C10H20N4/c1-7-10(13-8(2)12-7)9(6-11-3)14(4)5/h9,11H,6H2,1-5H3,(H,12,13). The Balaban J connectivity index is 2.92. The van der Waals surface area contributed by atoms with Crippen molar-refractivity contribution in [3.05, 3.63) is 17.2 Å². The third-order valence-electron chi connectivity index (χ3n) is 2.38. The first-order valence-electron chi connectivity index (χ1n) is 4.90. The van der Waals surface area contributed by atoms with Crippen molar-refractivity contribution in [1.82, 2.24) is 20.2 Å². The molecule has 1 atom stereocenters. The van der Waals surface area contributed by atoms with Crippen LogP contribution in [0.3, 0.4) is 0 Å². The fraction of sp³-hybridized carbons (Fsp3) is 0.700. The predicted molar refractivity (Wildman–Crippen MR) is 58.4 cm³/mol. The van der Waals surface area contributed by atoms with Crippen molar-refractivity contribution in [3.63, 3.8) is 0 Å². The second-order valence-corrected chi connectivity index (χ2v) is 3.87. The smallest absolute Gasteiger partial charge is 0.103 e. The molecule has 1 heterocycles. The molecule has 0 saturated heterocycles. The van der Waals surface area contributed by atoms with Crippen LogP contribution in [0.5, 0.6) is 0 Å². The average Bonchev–Trinajstić information content (AvgIpc) is 2.40. The number of aryl methyl sites for hydroxylation is 2. The highest BCUT2D eigenvalue weighted by atomic mass is 15.1. The predicted octanol–water partition coefficient (Wildman–Crippen LogP) is 0.849. The molecule has 0 amide bonds. The summed E-state index contributed by atoms with van der Waals surface area (Å²) < 4.78 is 0. The average molecular weight is 196 g/mol. The second kappa shape index (κ2) is 4.57. The molecular formula is C10H20N4. The van der Waals surface area contributed by atoms with Crippen LogP contribution in [0.2, 0.25) is 0 Å². The lowest BCUT2D eigenvalue weighted by molar-refractivity contribution is 0.288. The number of hydrogen-bond donors (Lipinski definition) is 2. The molecule has 0 saturated carbocycles. The first kappa shape index (κ1) is 11.2. The summed E-state index contributed by atoms with van der Waals surface area (Å²) in [4.78, 5) is 9.93. The molecule has 2 N–H and O–H groups in total. The lowest BCUT2D eigenvalue weighted by Gasteiger charge is -2.22. The summed E-state index contributed by atoms with van der Waals surface area (Å²) in [6, 6.07) is 0.338. The molecule has 1 unspecified atom stereocenters. The van der Waals surface area contributed by atoms with Crippen molar-refractivity contribution >= 4 is 0 Å². The van der Waals surface area contributed by atoms with Crippen molar-refractivity contribution < 1.29 is 0 Å². The van der Waals surface area contributed by atoms with E-state index in [1.807, 2.05) is 14.0 Å². The van der Waals surface area contributed by atoms with Crippen LogP contribution >= 0.6 is 0 Å². The number of hydrogen-bond acceptors (Lipinski definition) is 3. The number of H-pyrrole nitrogens is 1. The van der Waals surface area contributed by atoms with Gasteiger partial charge in [-0.15, -0.1) is 0 Å². The van der Waals surface area contributed by atoms with Crippen molar-refractivity contribution in [2.45, 2.75) is 19.9 Å². The van der Waals surface area contributed by atoms with E-state index in [-0.39, 0.29) is 0 Å². The molecule has 0 fully saturated rings. The SMILES string of the molecule is CNCC(c1nc(C)[nH]c1C)N(C)C. The third kappa shape index (κ3) is 2.33. The molecule has 4 heteroatoms. The van der Waals surface area contributed by atoms with Crippen LogP contribution in [0.15, 0.2) is 0 Å². The zero-order chi connectivity index (χ0) is 10.7. The van der Waals surface area contributed by atoms with Gasteiger partial charge in [0, 0.05) is 12.2 Å². The molecule has 0 aromatic carbocycles. The van der Waals surface area contributed by atoms with Crippen LogP contribution in [-0.2, 0) is 0 Å². The minimum Gasteiger partial charge on any atom is -0.346 e. The highest BCUT2D eigenvalue weighted by Gasteiger charge is 2.18. The van der Waals surface area contributed by atoms with Crippen LogP contribution in [0, 0.1) is 13.8 Å². The van der Waals surface area contributed by atoms with Gasteiger partial charge in [0.05, 0.1) is 11.7 Å². The Morgan fingerprint density at radius 2 is 2.07 bits per heavy atom. The van der Waals surface area contributed by atoms with E-state index in [1.54, 1.807) is 0 Å². The maximum Gasteiger partial charge on any atom is 0.103 e. The van der Waals surface area contributed by atoms with Gasteiger partial charge in [0.2, 0.25) is 0 Å². The molecule has 14 heavy (non-hydrogen) atoms. The van der Waals surface area contributed by atoms with Gasteiger partial charge in [0.1, 0.15) is 5.82 Å². The van der Waals surface area contributed by atoms with Crippen LogP contribution < -0.4 is 5.32 Å². The Labute approximate surface area is 85.7 Å². The van der Waals surface area contributed by atoms with E-state index in [2.05, 4.69) is 41.2 Å². The maximum atomic E-state index is 4.51. The number of rotatable bonds is 4. The molecule has 0 bridgehead atoms. The van der Waals surface area contributed by atoms with Crippen molar-refractivity contribution in [1.29, 1.82) is 0 Å². The minimum absolute atomic E-state index is 0.338. The van der Waals surface area contributed by atoms with Gasteiger partial charge in [-0.2, -0.15) is 0 Å². The van der Waals surface area contributed by atoms with E-state index in [9.17, 15) is 0 Å². The van der Waals surface area contributed by atoms with E-state index in [1.165, 1.54) is 0 Å². The molecule has 1 aromatic heterocycles. The van der Waals surface area contributed by atoms with E-state index in [4.69, 9.17) is 0 Å². The molecule has 80 valence electrons. The van der Waals surface area contributed by atoms with E-state index in [0.29, 0.717) is 6.04 Å². The second-order valence-electron chi connectivity index (χ2n) is 3.87. The molecule has 4 nitrogen and oxygen atoms in total. The van der Waals surface area contributed by atoms with Gasteiger partial charge in [-0.1, -0.05) is 0 Å². The van der Waals surface area contributed by atoms with Gasteiger partial charge in [-0.25, -0.2) is 4.98 Å². The van der Waals surface area contributed by atoms with Gasteiger partial charge in [-0.3, -0.25) is 4.90 Å². The number of imidazole rings is 1. The Bertz CT molecular complexity index is 290. The largest absolute Gasteiger partial charge is 0.346 e. The molecule has 0 radical (unpaired) electrons. The zero-order valence-corrected chi connectivity index (χ0v) is 9.68. The highest BCUT2D eigenvalue weighted by Crippen LogP contribution is 2.18. The lowest BCUT2D eigenvalue weighted by Crippen LogP contribution is -2.30. The normalized spacial score (nSPS) is 13.6. The van der Waals surface area contributed by atoms with Crippen LogP contribution in [-0.4, -0.2) is 42.6 Å². The van der Waals surface area contributed by atoms with Crippen LogP contribution in [0.25, 0.3) is 0 Å². The van der Waals surface area contributed by atoms with Gasteiger partial charge >= 0.3 is 0 Å². The summed E-state index contributed by atoms with van der Waals surface area (Å²) in [7, 11) is 6.11. The molecule has 0 aliphatic heterocycles. The Kier molecular flexibility index (Phi) is 3.66. The highest BCUT2D eigenvalue weighted by molar-refractivity contribution is 5.17. The van der Waals surface area contributed by atoms with Gasteiger partial charge in [-0.05, 0) is 35.0 Å². The van der Waals surface area contributed by atoms with Crippen molar-refractivity contribution in [3.8, 4) is 0 Å². The lowest BCUT2D eigenvalue weighted by atomic mass is 10.1. The fourth-order valence-electron chi connectivity index (χ4n) is 1.67. The topological polar surface area (TPSA) is 44.0 Å². The summed E-state index contributed by atoms with van der Waals surface area (Å²) in [6.07, 6.45) is 0. The van der Waals surface area contributed by atoms with Crippen molar-refractivity contribution in [2.24, 2.45) is 0 Å². The quantitative estimate of drug-likeness (QED) is 0.750. The van der Waals surface area contributed by atoms with Crippen LogP contribution in [0.4, 0.5) is 0 Å². The summed E-state index contributed by atoms with van der Waals surface area (Å²) in [5.41, 5.74) is 2.30. The number of aromatic nitrogens is 2. The first-order valence-corrected chi connectivity index (χ1v) is 4.90. The fourth-order valence-corrected chi connectivity index (χ4v) is 1.67. The van der Waals surface area contributed by atoms with Crippen LogP contribution in [0.1, 0.15) is 23.3 Å². The molecule has 1 aromatic rings. The molecule has 0 aliphatic rings. The molecular weight excluding hydrogens is 176 g/mol. The summed E-state index contributed by atoms with van der Waals surface area (Å²) >= 11 is 0. The zero-order valence-electron chi connectivity index (χ0n) is 9.68. The van der Waals surface area contributed by atoms with E-state index >= 15 is 0 Å². The maximum absolute atomic E-state index is 4.51. The number of likely N-dealkylation sites (N-methyl/N-ethyl adjacent to an activating group) is 2.